The number of benzene rings is 1. The fourth-order valence-electron chi connectivity index (χ4n) is 3.29. The van der Waals surface area contributed by atoms with Crippen LogP contribution >= 0.6 is 0 Å². The zero-order chi connectivity index (χ0) is 16.7. The van der Waals surface area contributed by atoms with E-state index in [1.165, 1.54) is 12.1 Å². The largest absolute Gasteiger partial charge is 0.389 e. The quantitative estimate of drug-likeness (QED) is 0.854. The molecule has 3 heterocycles. The number of nitrogens with one attached hydrogen (secondary N) is 1. The van der Waals surface area contributed by atoms with Crippen molar-refractivity contribution in [1.29, 1.82) is 0 Å². The Hall–Kier alpha value is -2.03. The average Bonchev–Trinajstić information content (AvgIpc) is 3.14. The molecule has 2 aromatic rings. The van der Waals surface area contributed by atoms with Gasteiger partial charge in [-0.15, -0.1) is 5.48 Å². The Morgan fingerprint density at radius 1 is 1.42 bits per heavy atom. The maximum atomic E-state index is 13.7. The van der Waals surface area contributed by atoms with Gasteiger partial charge in [-0.2, -0.15) is 5.10 Å². The number of fused-ring (bicyclic) bond motifs is 1. The molecular formula is C16H21FN6O. The number of hydrogen-bond donors (Lipinski definition) is 2. The van der Waals surface area contributed by atoms with Crippen molar-refractivity contribution in [2.45, 2.75) is 19.6 Å². The molecule has 0 amide bonds. The van der Waals surface area contributed by atoms with Crippen LogP contribution in [0.5, 0.6) is 0 Å². The first-order valence-electron chi connectivity index (χ1n) is 8.28. The second kappa shape index (κ2) is 6.12. The molecule has 2 aliphatic rings. The third kappa shape index (κ3) is 2.56. The number of hydroxylamine groups is 1. The van der Waals surface area contributed by atoms with E-state index in [9.17, 15) is 4.39 Å². The van der Waals surface area contributed by atoms with Crippen molar-refractivity contribution >= 4 is 16.8 Å². The van der Waals surface area contributed by atoms with Crippen LogP contribution in [0.4, 0.5) is 4.39 Å². The first kappa shape index (κ1) is 15.5. The second-order valence-corrected chi connectivity index (χ2v) is 6.21. The number of hydrogen-bond acceptors (Lipinski definition) is 6. The molecule has 7 nitrogen and oxygen atoms in total. The Bertz CT molecular complexity index is 782. The third-order valence-corrected chi connectivity index (χ3v) is 4.58. The number of rotatable bonds is 5. The fraction of sp³-hybridized carbons (Fsp3) is 0.500. The summed E-state index contributed by atoms with van der Waals surface area (Å²) in [7, 11) is 0. The SMILES string of the molecule is CCc1nn(C2N=C(C3CN(CCN)C3)ON2)c2cc(F)ccc12. The molecule has 8 heteroatoms. The number of aryl methyl sites for hydroxylation is 1. The van der Waals surface area contributed by atoms with Gasteiger partial charge in [0.15, 0.2) is 0 Å². The number of nitrogens with zero attached hydrogens (tertiary/aromatic N) is 4. The number of likely N-dealkylation sites (tertiary alicyclic amines) is 1. The van der Waals surface area contributed by atoms with Crippen molar-refractivity contribution in [3.05, 3.63) is 29.7 Å². The van der Waals surface area contributed by atoms with E-state index < -0.39 is 6.29 Å². The molecule has 0 saturated carbocycles. The molecule has 2 aliphatic heterocycles. The minimum atomic E-state index is -0.465. The smallest absolute Gasteiger partial charge is 0.229 e. The molecule has 24 heavy (non-hydrogen) atoms. The van der Waals surface area contributed by atoms with Gasteiger partial charge in [0.2, 0.25) is 12.2 Å². The Balaban J connectivity index is 1.59. The highest BCUT2D eigenvalue weighted by Crippen LogP contribution is 2.27. The van der Waals surface area contributed by atoms with Crippen molar-refractivity contribution < 1.29 is 9.23 Å². The van der Waals surface area contributed by atoms with Crippen LogP contribution in [0.1, 0.15) is 18.9 Å². The summed E-state index contributed by atoms with van der Waals surface area (Å²) in [5, 5.41) is 5.53. The normalized spacial score (nSPS) is 21.8. The highest BCUT2D eigenvalue weighted by molar-refractivity contribution is 5.83. The lowest BCUT2D eigenvalue weighted by atomic mass is 10.0. The lowest BCUT2D eigenvalue weighted by Crippen LogP contribution is -2.52. The molecule has 1 aromatic heterocycles. The van der Waals surface area contributed by atoms with E-state index in [1.54, 1.807) is 10.7 Å². The van der Waals surface area contributed by atoms with Gasteiger partial charge in [0.05, 0.1) is 17.1 Å². The molecule has 1 fully saturated rings. The molecular weight excluding hydrogens is 311 g/mol. The standard InChI is InChI=1S/C16H21FN6O/c1-2-13-12-4-3-11(17)7-14(12)23(20-13)16-19-15(24-21-16)10-8-22(9-10)6-5-18/h3-4,7,10,16,21H,2,5-6,8-9,18H2,1H3. The van der Waals surface area contributed by atoms with Crippen molar-refractivity contribution in [3.8, 4) is 0 Å². The van der Waals surface area contributed by atoms with Crippen LogP contribution in [0.25, 0.3) is 10.9 Å². The van der Waals surface area contributed by atoms with E-state index in [0.29, 0.717) is 12.4 Å². The molecule has 0 spiro atoms. The zero-order valence-corrected chi connectivity index (χ0v) is 13.6. The molecule has 4 rings (SSSR count). The molecule has 0 radical (unpaired) electrons. The van der Waals surface area contributed by atoms with Gasteiger partial charge >= 0.3 is 0 Å². The van der Waals surface area contributed by atoms with Crippen LogP contribution in [0.3, 0.4) is 0 Å². The predicted octanol–water partition coefficient (Wildman–Crippen LogP) is 1.02. The van der Waals surface area contributed by atoms with Gasteiger partial charge in [0.1, 0.15) is 5.82 Å². The van der Waals surface area contributed by atoms with Crippen molar-refractivity contribution in [3.63, 3.8) is 0 Å². The molecule has 0 bridgehead atoms. The molecule has 3 N–H and O–H groups in total. The average molecular weight is 332 g/mol. The topological polar surface area (TPSA) is 80.7 Å². The summed E-state index contributed by atoms with van der Waals surface area (Å²) < 4.78 is 15.4. The summed E-state index contributed by atoms with van der Waals surface area (Å²) in [5.41, 5.74) is 10.1. The first-order valence-corrected chi connectivity index (χ1v) is 8.28. The summed E-state index contributed by atoms with van der Waals surface area (Å²) in [6, 6.07) is 4.72. The Kier molecular flexibility index (Phi) is 3.95. The molecule has 1 saturated heterocycles. The number of nitrogens with two attached hydrogens (primary N) is 1. The van der Waals surface area contributed by atoms with E-state index in [1.807, 2.05) is 6.92 Å². The van der Waals surface area contributed by atoms with Gasteiger partial charge < -0.3 is 15.5 Å². The Morgan fingerprint density at radius 3 is 3.00 bits per heavy atom. The van der Waals surface area contributed by atoms with Crippen LogP contribution in [0.15, 0.2) is 23.2 Å². The van der Waals surface area contributed by atoms with Gasteiger partial charge in [0, 0.05) is 31.6 Å². The minimum Gasteiger partial charge on any atom is -0.389 e. The Morgan fingerprint density at radius 2 is 2.25 bits per heavy atom. The maximum Gasteiger partial charge on any atom is 0.229 e. The molecule has 128 valence electrons. The van der Waals surface area contributed by atoms with Crippen LogP contribution < -0.4 is 11.2 Å². The fourth-order valence-corrected chi connectivity index (χ4v) is 3.29. The summed E-state index contributed by atoms with van der Waals surface area (Å²) in [6.45, 7) is 5.39. The van der Waals surface area contributed by atoms with Gasteiger partial charge in [0.25, 0.3) is 0 Å². The van der Waals surface area contributed by atoms with E-state index in [4.69, 9.17) is 10.6 Å². The summed E-state index contributed by atoms with van der Waals surface area (Å²) in [6.07, 6.45) is 0.309. The number of aliphatic imine (C=N–C) groups is 1. The van der Waals surface area contributed by atoms with Crippen LogP contribution in [-0.4, -0.2) is 46.8 Å². The van der Waals surface area contributed by atoms with Gasteiger partial charge in [-0.3, -0.25) is 0 Å². The summed E-state index contributed by atoms with van der Waals surface area (Å²) >= 11 is 0. The summed E-state index contributed by atoms with van der Waals surface area (Å²) in [5.74, 6) is 0.676. The van der Waals surface area contributed by atoms with E-state index in [2.05, 4.69) is 20.5 Å². The van der Waals surface area contributed by atoms with Gasteiger partial charge in [-0.25, -0.2) is 14.1 Å². The van der Waals surface area contributed by atoms with E-state index in [0.717, 1.165) is 42.7 Å². The van der Waals surface area contributed by atoms with Crippen LogP contribution in [0.2, 0.25) is 0 Å². The highest BCUT2D eigenvalue weighted by atomic mass is 19.1. The van der Waals surface area contributed by atoms with Crippen molar-refractivity contribution in [1.82, 2.24) is 20.2 Å². The third-order valence-electron chi connectivity index (χ3n) is 4.58. The Labute approximate surface area is 139 Å². The predicted molar refractivity (Wildman–Crippen MR) is 88.7 cm³/mol. The van der Waals surface area contributed by atoms with E-state index >= 15 is 0 Å². The highest BCUT2D eigenvalue weighted by Gasteiger charge is 2.36. The number of aromatic nitrogens is 2. The first-order chi connectivity index (χ1) is 11.7. The maximum absolute atomic E-state index is 13.7. The number of halogens is 1. The van der Waals surface area contributed by atoms with E-state index in [-0.39, 0.29) is 11.7 Å². The minimum absolute atomic E-state index is 0.276. The van der Waals surface area contributed by atoms with Gasteiger partial charge in [-0.05, 0) is 24.6 Å². The molecule has 0 aliphatic carbocycles. The summed E-state index contributed by atoms with van der Waals surface area (Å²) in [4.78, 5) is 12.4. The van der Waals surface area contributed by atoms with Crippen molar-refractivity contribution in [2.75, 3.05) is 26.2 Å². The zero-order valence-electron chi connectivity index (χ0n) is 13.6. The second-order valence-electron chi connectivity index (χ2n) is 6.21. The molecule has 1 unspecified atom stereocenters. The molecule has 1 atom stereocenters. The monoisotopic (exact) mass is 332 g/mol. The lowest BCUT2D eigenvalue weighted by Gasteiger charge is -2.37. The van der Waals surface area contributed by atoms with Crippen LogP contribution in [0, 0.1) is 11.7 Å². The van der Waals surface area contributed by atoms with Gasteiger partial charge in [-0.1, -0.05) is 6.92 Å². The molecule has 1 aromatic carbocycles. The van der Waals surface area contributed by atoms with Crippen LogP contribution in [-0.2, 0) is 11.3 Å². The van der Waals surface area contributed by atoms with Crippen molar-refractivity contribution in [2.24, 2.45) is 16.6 Å². The lowest BCUT2D eigenvalue weighted by molar-refractivity contribution is 0.0963.